The maximum Gasteiger partial charge on any atom is 0.184 e. The SMILES string of the molecule is C[Si](C)(C)O[C@H]1CCCC[C@H]1O[Si](C)(C)C. The van der Waals surface area contributed by atoms with E-state index in [0.29, 0.717) is 12.2 Å². The van der Waals surface area contributed by atoms with E-state index in [1.54, 1.807) is 0 Å². The Bertz CT molecular complexity index is 194. The highest BCUT2D eigenvalue weighted by atomic mass is 28.4. The normalized spacial score (nSPS) is 28.1. The Morgan fingerprint density at radius 3 is 1.25 bits per heavy atom. The summed E-state index contributed by atoms with van der Waals surface area (Å²) in [4.78, 5) is 0. The van der Waals surface area contributed by atoms with Crippen molar-refractivity contribution in [3.05, 3.63) is 0 Å². The van der Waals surface area contributed by atoms with E-state index in [-0.39, 0.29) is 0 Å². The number of hydrogen-bond acceptors (Lipinski definition) is 2. The van der Waals surface area contributed by atoms with Gasteiger partial charge in [-0.3, -0.25) is 0 Å². The molecule has 0 heterocycles. The summed E-state index contributed by atoms with van der Waals surface area (Å²) in [7, 11) is -2.85. The van der Waals surface area contributed by atoms with Crippen molar-refractivity contribution in [3.63, 3.8) is 0 Å². The third-order valence-corrected chi connectivity index (χ3v) is 4.67. The van der Waals surface area contributed by atoms with E-state index in [9.17, 15) is 0 Å². The summed E-state index contributed by atoms with van der Waals surface area (Å²) in [5.74, 6) is 0. The van der Waals surface area contributed by atoms with E-state index in [4.69, 9.17) is 8.85 Å². The summed E-state index contributed by atoms with van der Waals surface area (Å²) in [6, 6.07) is 0. The van der Waals surface area contributed by atoms with Crippen LogP contribution in [0, 0.1) is 0 Å². The summed E-state index contributed by atoms with van der Waals surface area (Å²) in [6.07, 6.45) is 5.74. The zero-order valence-electron chi connectivity index (χ0n) is 11.8. The molecule has 4 heteroatoms. The third-order valence-electron chi connectivity index (χ3n) is 2.65. The first-order valence-electron chi connectivity index (χ1n) is 6.53. The lowest BCUT2D eigenvalue weighted by molar-refractivity contribution is 0.0138. The quantitative estimate of drug-likeness (QED) is 0.711. The molecule has 2 atom stereocenters. The maximum absolute atomic E-state index is 6.27. The Balaban J connectivity index is 2.57. The van der Waals surface area contributed by atoms with Crippen molar-refractivity contribution in [2.24, 2.45) is 0 Å². The van der Waals surface area contributed by atoms with Gasteiger partial charge in [0.2, 0.25) is 0 Å². The minimum atomic E-state index is -1.43. The number of rotatable bonds is 4. The highest BCUT2D eigenvalue weighted by molar-refractivity contribution is 6.70. The Kier molecular flexibility index (Phi) is 4.81. The predicted octanol–water partition coefficient (Wildman–Crippen LogP) is 4.00. The minimum absolute atomic E-state index is 0.368. The van der Waals surface area contributed by atoms with Crippen molar-refractivity contribution in [2.45, 2.75) is 77.2 Å². The van der Waals surface area contributed by atoms with E-state index in [1.165, 1.54) is 25.7 Å². The van der Waals surface area contributed by atoms with E-state index >= 15 is 0 Å². The highest BCUT2D eigenvalue weighted by Gasteiger charge is 2.33. The van der Waals surface area contributed by atoms with Crippen LogP contribution >= 0.6 is 0 Å². The first-order chi connectivity index (χ1) is 7.17. The van der Waals surface area contributed by atoms with Crippen LogP contribution in [0.5, 0.6) is 0 Å². The molecule has 0 saturated heterocycles. The molecule has 0 unspecified atom stereocenters. The van der Waals surface area contributed by atoms with E-state index < -0.39 is 16.6 Å². The van der Waals surface area contributed by atoms with Crippen LogP contribution in [0.15, 0.2) is 0 Å². The fourth-order valence-corrected chi connectivity index (χ4v) is 4.60. The minimum Gasteiger partial charge on any atom is -0.412 e. The molecular weight excluding hydrogens is 232 g/mol. The van der Waals surface area contributed by atoms with Crippen LogP contribution in [0.1, 0.15) is 25.7 Å². The molecule has 0 aromatic rings. The molecule has 1 rings (SSSR count). The molecule has 0 aromatic heterocycles. The summed E-state index contributed by atoms with van der Waals surface area (Å²) in [5.41, 5.74) is 0. The zero-order chi connectivity index (χ0) is 12.4. The Morgan fingerprint density at radius 2 is 1.00 bits per heavy atom. The molecular formula is C12H28O2Si2. The van der Waals surface area contributed by atoms with Crippen molar-refractivity contribution in [1.29, 1.82) is 0 Å². The van der Waals surface area contributed by atoms with Crippen LogP contribution in [0.3, 0.4) is 0 Å². The summed E-state index contributed by atoms with van der Waals surface area (Å²) in [6.45, 7) is 13.6. The molecule has 0 amide bonds. The Hall–Kier alpha value is 0.354. The maximum atomic E-state index is 6.27. The van der Waals surface area contributed by atoms with Crippen molar-refractivity contribution in [3.8, 4) is 0 Å². The van der Waals surface area contributed by atoms with Gasteiger partial charge < -0.3 is 8.85 Å². The molecule has 96 valence electrons. The molecule has 1 aliphatic rings. The monoisotopic (exact) mass is 260 g/mol. The molecule has 1 aliphatic carbocycles. The summed E-state index contributed by atoms with van der Waals surface area (Å²) >= 11 is 0. The Labute approximate surface area is 103 Å². The van der Waals surface area contributed by atoms with Crippen molar-refractivity contribution < 1.29 is 8.85 Å². The first kappa shape index (κ1) is 14.4. The smallest absolute Gasteiger partial charge is 0.184 e. The molecule has 1 fully saturated rings. The summed E-state index contributed by atoms with van der Waals surface area (Å²) in [5, 5.41) is 0. The molecule has 0 aliphatic heterocycles. The van der Waals surface area contributed by atoms with Gasteiger partial charge in [-0.1, -0.05) is 12.8 Å². The third kappa shape index (κ3) is 5.61. The average molecular weight is 261 g/mol. The second-order valence-electron chi connectivity index (χ2n) is 6.82. The van der Waals surface area contributed by atoms with E-state index in [2.05, 4.69) is 39.3 Å². The van der Waals surface area contributed by atoms with Gasteiger partial charge in [0.05, 0.1) is 12.2 Å². The van der Waals surface area contributed by atoms with Gasteiger partial charge in [0.15, 0.2) is 16.6 Å². The van der Waals surface area contributed by atoms with E-state index in [0.717, 1.165) is 0 Å². The van der Waals surface area contributed by atoms with Crippen molar-refractivity contribution in [2.75, 3.05) is 0 Å². The molecule has 0 bridgehead atoms. The lowest BCUT2D eigenvalue weighted by Gasteiger charge is -2.38. The van der Waals surface area contributed by atoms with Crippen LogP contribution in [0.2, 0.25) is 39.3 Å². The standard InChI is InChI=1S/C12H28O2Si2/c1-15(2,3)13-11-9-7-8-10-12(11)14-16(4,5)6/h11-12H,7-10H2,1-6H3/t11-,12+. The van der Waals surface area contributed by atoms with Gasteiger partial charge in [0, 0.05) is 0 Å². The van der Waals surface area contributed by atoms with Crippen molar-refractivity contribution in [1.82, 2.24) is 0 Å². The fourth-order valence-electron chi connectivity index (χ4n) is 2.24. The second-order valence-corrected chi connectivity index (χ2v) is 15.7. The van der Waals surface area contributed by atoms with Gasteiger partial charge >= 0.3 is 0 Å². The summed E-state index contributed by atoms with van der Waals surface area (Å²) < 4.78 is 12.5. The van der Waals surface area contributed by atoms with Crippen LogP contribution < -0.4 is 0 Å². The molecule has 2 nitrogen and oxygen atoms in total. The predicted molar refractivity (Wildman–Crippen MR) is 74.9 cm³/mol. The largest absolute Gasteiger partial charge is 0.412 e. The van der Waals surface area contributed by atoms with Crippen LogP contribution in [0.4, 0.5) is 0 Å². The van der Waals surface area contributed by atoms with Crippen LogP contribution in [-0.2, 0) is 8.85 Å². The number of hydrogen-bond donors (Lipinski definition) is 0. The lowest BCUT2D eigenvalue weighted by atomic mass is 9.95. The molecule has 0 radical (unpaired) electrons. The molecule has 1 saturated carbocycles. The van der Waals surface area contributed by atoms with Gasteiger partial charge in [0.1, 0.15) is 0 Å². The van der Waals surface area contributed by atoms with Gasteiger partial charge in [-0.25, -0.2) is 0 Å². The Morgan fingerprint density at radius 1 is 0.688 bits per heavy atom. The van der Waals surface area contributed by atoms with Crippen LogP contribution in [0.25, 0.3) is 0 Å². The van der Waals surface area contributed by atoms with Gasteiger partial charge in [-0.15, -0.1) is 0 Å². The molecule has 0 N–H and O–H groups in total. The first-order valence-corrected chi connectivity index (χ1v) is 13.3. The van der Waals surface area contributed by atoms with Gasteiger partial charge in [0.25, 0.3) is 0 Å². The molecule has 0 aromatic carbocycles. The average Bonchev–Trinajstić information content (AvgIpc) is 2.03. The van der Waals surface area contributed by atoms with E-state index in [1.807, 2.05) is 0 Å². The van der Waals surface area contributed by atoms with Crippen molar-refractivity contribution >= 4 is 16.6 Å². The molecule has 16 heavy (non-hydrogen) atoms. The fraction of sp³-hybridized carbons (Fsp3) is 1.00. The zero-order valence-corrected chi connectivity index (χ0v) is 13.8. The van der Waals surface area contributed by atoms with Gasteiger partial charge in [-0.05, 0) is 52.1 Å². The molecule has 0 spiro atoms. The van der Waals surface area contributed by atoms with Crippen LogP contribution in [-0.4, -0.2) is 28.8 Å². The highest BCUT2D eigenvalue weighted by Crippen LogP contribution is 2.28. The second kappa shape index (κ2) is 5.33. The van der Waals surface area contributed by atoms with Gasteiger partial charge in [-0.2, -0.15) is 0 Å². The lowest BCUT2D eigenvalue weighted by Crippen LogP contribution is -2.46. The topological polar surface area (TPSA) is 18.5 Å².